The van der Waals surface area contributed by atoms with Crippen LogP contribution >= 0.6 is 0 Å². The van der Waals surface area contributed by atoms with E-state index in [1.165, 1.54) is 5.56 Å². The zero-order valence-electron chi connectivity index (χ0n) is 32.5. The number of aromatic nitrogens is 1. The molecule has 1 aromatic carbocycles. The topological polar surface area (TPSA) is 74.2 Å². The maximum atomic E-state index is 13.0. The summed E-state index contributed by atoms with van der Waals surface area (Å²) in [6.45, 7) is 26.5. The normalized spacial score (nSPS) is 18.4. The molecule has 258 valence electrons. The van der Waals surface area contributed by atoms with Crippen LogP contribution in [0, 0.1) is 37.7 Å². The van der Waals surface area contributed by atoms with E-state index in [-0.39, 0.29) is 30.7 Å². The van der Waals surface area contributed by atoms with Crippen molar-refractivity contribution in [2.24, 2.45) is 20.4 Å². The second-order valence-electron chi connectivity index (χ2n) is 16.0. The summed E-state index contributed by atoms with van der Waals surface area (Å²) in [5.74, 6) is 3.67. The Balaban J connectivity index is 0.00000504. The summed E-state index contributed by atoms with van der Waals surface area (Å²) in [6.07, 6.45) is 13.1. The molecule has 2 aromatic rings. The second-order valence-corrected chi connectivity index (χ2v) is 21.6. The van der Waals surface area contributed by atoms with Crippen LogP contribution in [-0.2, 0) is 19.5 Å². The Morgan fingerprint density at radius 1 is 0.843 bits per heavy atom. The zero-order chi connectivity index (χ0) is 36.3. The van der Waals surface area contributed by atoms with Crippen LogP contribution in [0.15, 0.2) is 86.2 Å². The monoisotopic (exact) mass is 742 g/mol. The van der Waals surface area contributed by atoms with E-state index in [0.29, 0.717) is 27.2 Å². The number of benzene rings is 1. The first-order valence-electron chi connectivity index (χ1n) is 18.0. The number of allylic oxidation sites excluding steroid dienone is 7. The summed E-state index contributed by atoms with van der Waals surface area (Å²) >= 11 is 0. The number of fused-ring (bicyclic) bond motifs is 5. The molecule has 0 amide bonds. The van der Waals surface area contributed by atoms with Gasteiger partial charge in [0.25, 0.3) is 0 Å². The molecule has 0 aliphatic carbocycles. The molecule has 1 aromatic heterocycles. The molecule has 8 bridgehead atoms. The molecular weight excluding hydrogens is 694 g/mol. The number of hydrogen-bond donors (Lipinski definition) is 0. The van der Waals surface area contributed by atoms with E-state index in [0.717, 1.165) is 74.2 Å². The predicted molar refractivity (Wildman–Crippen MR) is 212 cm³/mol. The molecule has 0 saturated heterocycles. The van der Waals surface area contributed by atoms with Crippen molar-refractivity contribution in [3.63, 3.8) is 0 Å². The molecule has 0 unspecified atom stereocenters. The minimum atomic E-state index is -1.98. The van der Waals surface area contributed by atoms with E-state index in [4.69, 9.17) is 20.0 Å². The average molecular weight is 744 g/mol. The number of aliphatic imine (C=N–C) groups is 3. The van der Waals surface area contributed by atoms with Crippen LogP contribution in [0.3, 0.4) is 0 Å². The van der Waals surface area contributed by atoms with Crippen LogP contribution in [0.2, 0.25) is 16.6 Å². The van der Waals surface area contributed by atoms with Gasteiger partial charge in [-0.3, -0.25) is 4.99 Å². The summed E-state index contributed by atoms with van der Waals surface area (Å²) in [7, 11) is -1.98. The van der Waals surface area contributed by atoms with E-state index in [9.17, 15) is 5.11 Å². The molecule has 51 heavy (non-hydrogen) atoms. The van der Waals surface area contributed by atoms with Crippen LogP contribution in [0.25, 0.3) is 17.4 Å². The summed E-state index contributed by atoms with van der Waals surface area (Å²) < 4.78 is 0. The van der Waals surface area contributed by atoms with Crippen molar-refractivity contribution in [1.82, 2.24) is 4.98 Å². The van der Waals surface area contributed by atoms with E-state index in [1.807, 2.05) is 18.2 Å². The molecule has 0 saturated carbocycles. The predicted octanol–water partition coefficient (Wildman–Crippen LogP) is 7.86. The van der Waals surface area contributed by atoms with Crippen molar-refractivity contribution < 1.29 is 24.6 Å². The smallest absolute Gasteiger partial charge is 0.875 e. The van der Waals surface area contributed by atoms with E-state index in [2.05, 4.69) is 124 Å². The third kappa shape index (κ3) is 7.15. The van der Waals surface area contributed by atoms with Gasteiger partial charge < -0.3 is 10.1 Å². The SMILES string of the molecule is C/C([O-])=c1\cc2[n-]c1=CC1=NC(=CC3=NC(=CC4=NC(=C2c2c(C)cc(C)cc2C)C=C4)C(C#C[Si](C(C)C)(C(C)C)C(C)C)=C3)C(C)(C)C1.[Zn+2]. The maximum Gasteiger partial charge on any atom is 2.00 e. The zero-order valence-corrected chi connectivity index (χ0v) is 36.5. The molecule has 0 atom stereocenters. The fourth-order valence-electron chi connectivity index (χ4n) is 8.50. The minimum absolute atomic E-state index is 0. The fraction of sp³-hybridized carbons (Fsp3) is 0.386. The van der Waals surface area contributed by atoms with Crippen molar-refractivity contribution in [3.8, 4) is 11.5 Å². The maximum absolute atomic E-state index is 13.0. The van der Waals surface area contributed by atoms with E-state index >= 15 is 0 Å². The van der Waals surface area contributed by atoms with Crippen molar-refractivity contribution in [1.29, 1.82) is 0 Å². The molecule has 5 heterocycles. The molecule has 5 nitrogen and oxygen atoms in total. The van der Waals surface area contributed by atoms with Crippen LogP contribution in [0.1, 0.15) is 96.7 Å². The third-order valence-electron chi connectivity index (χ3n) is 10.8. The van der Waals surface area contributed by atoms with Crippen molar-refractivity contribution in [2.75, 3.05) is 0 Å². The largest absolute Gasteiger partial charge is 2.00 e. The molecule has 4 aliphatic heterocycles. The van der Waals surface area contributed by atoms with Gasteiger partial charge in [-0.05, 0) is 90.0 Å². The molecule has 0 spiro atoms. The Labute approximate surface area is 318 Å². The van der Waals surface area contributed by atoms with Crippen molar-refractivity contribution in [3.05, 3.63) is 110 Å². The van der Waals surface area contributed by atoms with Crippen LogP contribution < -0.4 is 20.7 Å². The van der Waals surface area contributed by atoms with Gasteiger partial charge in [0.2, 0.25) is 0 Å². The Morgan fingerprint density at radius 2 is 1.49 bits per heavy atom. The third-order valence-corrected chi connectivity index (χ3v) is 17.1. The first-order chi connectivity index (χ1) is 23.5. The summed E-state index contributed by atoms with van der Waals surface area (Å²) in [5.41, 5.74) is 17.6. The van der Waals surface area contributed by atoms with Gasteiger partial charge in [-0.1, -0.05) is 103 Å². The van der Waals surface area contributed by atoms with Gasteiger partial charge in [-0.15, -0.1) is 22.3 Å². The van der Waals surface area contributed by atoms with E-state index in [1.54, 1.807) is 6.92 Å². The number of hydrogen-bond acceptors (Lipinski definition) is 4. The first-order valence-corrected chi connectivity index (χ1v) is 20.2. The standard InChI is InChI=1S/C44H51N4OSi.Zn/c1-25(2)50(26(3)4,27(5)6)16-15-32-19-34-22-41-44(11,12)24-35(47-41)21-39-36(31(10)49)23-40(48-39)43(42-29(8)17-28(7)18-30(42)9)37-14-13-33(45-37)20-38(32)46-34;/h13-14,17-23,25-27H,24H2,1-12H3,(H-,45,46,47,48,49);/q-1;+2/p-1. The van der Waals surface area contributed by atoms with Crippen LogP contribution in [-0.4, -0.2) is 25.2 Å². The molecule has 4 aliphatic rings. The van der Waals surface area contributed by atoms with Crippen molar-refractivity contribution in [2.45, 2.75) is 106 Å². The van der Waals surface area contributed by atoms with Crippen LogP contribution in [0.5, 0.6) is 0 Å². The Hall–Kier alpha value is -3.85. The van der Waals surface area contributed by atoms with Gasteiger partial charge in [0.1, 0.15) is 8.07 Å². The van der Waals surface area contributed by atoms with Crippen LogP contribution in [0.4, 0.5) is 0 Å². The average Bonchev–Trinajstić information content (AvgIpc) is 3.77. The number of nitrogens with zero attached hydrogens (tertiary/aromatic N) is 4. The fourth-order valence-corrected chi connectivity index (χ4v) is 13.7. The van der Waals surface area contributed by atoms with Gasteiger partial charge >= 0.3 is 19.5 Å². The second kappa shape index (κ2) is 14.3. The van der Waals surface area contributed by atoms with Crippen molar-refractivity contribution >= 4 is 42.6 Å². The Bertz CT molecular complexity index is 2200. The molecular formula is C44H50N4OSiZn. The molecule has 6 rings (SSSR count). The molecule has 0 radical (unpaired) electrons. The summed E-state index contributed by atoms with van der Waals surface area (Å²) in [5, 5.41) is 14.3. The van der Waals surface area contributed by atoms with Gasteiger partial charge in [0.05, 0.1) is 28.4 Å². The summed E-state index contributed by atoms with van der Waals surface area (Å²) in [6, 6.07) is 6.33. The Kier molecular flexibility index (Phi) is 10.8. The number of rotatable bonds is 4. The Morgan fingerprint density at radius 3 is 2.10 bits per heavy atom. The number of aryl methyl sites for hydroxylation is 3. The molecule has 0 N–H and O–H groups in total. The molecule has 0 fully saturated rings. The minimum Gasteiger partial charge on any atom is -0.875 e. The first kappa shape index (κ1) is 38.4. The van der Waals surface area contributed by atoms with E-state index < -0.39 is 8.07 Å². The van der Waals surface area contributed by atoms with Gasteiger partial charge in [-0.25, -0.2) is 9.98 Å². The summed E-state index contributed by atoms with van der Waals surface area (Å²) in [4.78, 5) is 20.6. The van der Waals surface area contributed by atoms with Gasteiger partial charge in [0.15, 0.2) is 0 Å². The quantitative estimate of drug-likeness (QED) is 0.236. The molecule has 7 heteroatoms. The van der Waals surface area contributed by atoms with Gasteiger partial charge in [0, 0.05) is 23.2 Å². The van der Waals surface area contributed by atoms with Gasteiger partial charge in [-0.2, -0.15) is 0 Å².